The van der Waals surface area contributed by atoms with E-state index in [9.17, 15) is 19.2 Å². The predicted octanol–water partition coefficient (Wildman–Crippen LogP) is 6.31. The fraction of sp³-hybridized carbons (Fsp3) is 0.212. The Morgan fingerprint density at radius 1 is 0.881 bits per heavy atom. The van der Waals surface area contributed by atoms with Crippen LogP contribution in [0.25, 0.3) is 0 Å². The third-order valence-corrected chi connectivity index (χ3v) is 8.87. The molecule has 4 aromatic rings. The predicted molar refractivity (Wildman–Crippen MR) is 165 cm³/mol. The van der Waals surface area contributed by atoms with Gasteiger partial charge in [0.05, 0.1) is 12.0 Å². The van der Waals surface area contributed by atoms with Crippen molar-refractivity contribution in [1.29, 1.82) is 0 Å². The molecule has 5 rings (SSSR count). The number of nitrogens with one attached hydrogen (secondary N) is 1. The summed E-state index contributed by atoms with van der Waals surface area (Å²) in [7, 11) is 0. The zero-order chi connectivity index (χ0) is 30.1. The largest absolute Gasteiger partial charge is 0.368 e. The van der Waals surface area contributed by atoms with Gasteiger partial charge in [0.2, 0.25) is 11.8 Å². The summed E-state index contributed by atoms with van der Waals surface area (Å²) in [6.45, 7) is 5.25. The Balaban J connectivity index is 1.76. The molecule has 214 valence electrons. The van der Waals surface area contributed by atoms with Crippen molar-refractivity contribution in [2.45, 2.75) is 38.8 Å². The topological polar surface area (TPSA) is 110 Å². The monoisotopic (exact) mass is 599 g/mol. The Kier molecular flexibility index (Phi) is 8.29. The molecule has 2 heterocycles. The lowest BCUT2D eigenvalue weighted by Crippen LogP contribution is -2.46. The van der Waals surface area contributed by atoms with Gasteiger partial charge in [0, 0.05) is 44.4 Å². The molecule has 0 spiro atoms. The van der Waals surface area contributed by atoms with Crippen molar-refractivity contribution in [1.82, 2.24) is 4.90 Å². The van der Waals surface area contributed by atoms with Crippen molar-refractivity contribution in [3.05, 3.63) is 122 Å². The van der Waals surface area contributed by atoms with Crippen LogP contribution in [0.2, 0.25) is 5.02 Å². The number of amides is 3. The summed E-state index contributed by atoms with van der Waals surface area (Å²) in [5.41, 5.74) is 8.92. The van der Waals surface area contributed by atoms with Crippen LogP contribution in [0.4, 0.5) is 5.69 Å². The van der Waals surface area contributed by atoms with Crippen molar-refractivity contribution in [2.24, 2.45) is 11.7 Å². The molecule has 1 aliphatic rings. The summed E-state index contributed by atoms with van der Waals surface area (Å²) in [5, 5.41) is 3.24. The van der Waals surface area contributed by atoms with E-state index in [2.05, 4.69) is 5.32 Å². The van der Waals surface area contributed by atoms with Gasteiger partial charge in [0.1, 0.15) is 6.04 Å². The molecule has 1 aliphatic heterocycles. The number of rotatable bonds is 7. The standard InChI is InChI=1S/C33H30ClN3O4S/c1-18-17-26(19(2)42-18)31(39)28-27(21-11-15-25(16-12-21)36-20(3)38)30(32(35)40)37(33(41)23-7-5-4-6-8-23)29(28)22-9-13-24(34)14-10-22/h4-17,27-30H,1-3H3,(H2,35,40)(H,36,38). The molecule has 1 aromatic heterocycles. The Hall–Kier alpha value is -4.27. The highest BCUT2D eigenvalue weighted by molar-refractivity contribution is 7.12. The number of hydrogen-bond acceptors (Lipinski definition) is 5. The summed E-state index contributed by atoms with van der Waals surface area (Å²) in [4.78, 5) is 57.3. The highest BCUT2D eigenvalue weighted by Crippen LogP contribution is 2.52. The molecule has 4 unspecified atom stereocenters. The summed E-state index contributed by atoms with van der Waals surface area (Å²) in [6, 6.07) is 22.5. The molecule has 1 fully saturated rings. The average Bonchev–Trinajstić information content (AvgIpc) is 3.50. The second-order valence-electron chi connectivity index (χ2n) is 10.5. The Bertz CT molecular complexity index is 1650. The molecule has 1 saturated heterocycles. The van der Waals surface area contributed by atoms with E-state index in [1.165, 1.54) is 23.2 Å². The molecule has 3 amide bonds. The molecule has 3 aromatic carbocycles. The lowest BCUT2D eigenvalue weighted by molar-refractivity contribution is -0.122. The van der Waals surface area contributed by atoms with Crippen molar-refractivity contribution in [2.75, 3.05) is 5.32 Å². The van der Waals surface area contributed by atoms with E-state index in [0.29, 0.717) is 33.0 Å². The van der Waals surface area contributed by atoms with Crippen LogP contribution in [-0.4, -0.2) is 34.4 Å². The van der Waals surface area contributed by atoms with Crippen LogP contribution in [0.5, 0.6) is 0 Å². The number of Topliss-reactive ketones (excluding diaryl/α,β-unsaturated/α-hetero) is 1. The molecule has 9 heteroatoms. The van der Waals surface area contributed by atoms with Crippen molar-refractivity contribution >= 4 is 52.1 Å². The Morgan fingerprint density at radius 3 is 2.05 bits per heavy atom. The molecular weight excluding hydrogens is 570 g/mol. The third kappa shape index (κ3) is 5.60. The van der Waals surface area contributed by atoms with E-state index in [1.54, 1.807) is 78.9 Å². The van der Waals surface area contributed by atoms with Crippen LogP contribution in [0.1, 0.15) is 60.5 Å². The van der Waals surface area contributed by atoms with Crippen LogP contribution in [-0.2, 0) is 9.59 Å². The van der Waals surface area contributed by atoms with E-state index < -0.39 is 35.7 Å². The number of likely N-dealkylation sites (tertiary alicyclic amines) is 1. The number of thiophene rings is 1. The van der Waals surface area contributed by atoms with Gasteiger partial charge >= 0.3 is 0 Å². The van der Waals surface area contributed by atoms with Gasteiger partial charge in [-0.1, -0.05) is 54.1 Å². The zero-order valence-electron chi connectivity index (χ0n) is 23.3. The van der Waals surface area contributed by atoms with Crippen LogP contribution >= 0.6 is 22.9 Å². The molecule has 7 nitrogen and oxygen atoms in total. The first-order valence-electron chi connectivity index (χ1n) is 13.5. The van der Waals surface area contributed by atoms with Gasteiger partial charge in [-0.3, -0.25) is 19.2 Å². The first-order valence-corrected chi connectivity index (χ1v) is 14.7. The lowest BCUT2D eigenvalue weighted by Gasteiger charge is -2.31. The number of carbonyl (C=O) groups excluding carboxylic acids is 4. The SMILES string of the molecule is CC(=O)Nc1ccc(C2C(C(=O)c3cc(C)sc3C)C(c3ccc(Cl)cc3)N(C(=O)c3ccccc3)C2C(N)=O)cc1. The number of aryl methyl sites for hydroxylation is 2. The van der Waals surface area contributed by atoms with Gasteiger partial charge in [-0.05, 0) is 67.4 Å². The van der Waals surface area contributed by atoms with Crippen LogP contribution in [0.15, 0.2) is 84.9 Å². The molecule has 0 bridgehead atoms. The zero-order valence-corrected chi connectivity index (χ0v) is 24.9. The number of benzene rings is 3. The fourth-order valence-corrected chi connectivity index (χ4v) is 7.03. The number of primary amides is 1. The number of anilines is 1. The number of nitrogens with zero attached hydrogens (tertiary/aromatic N) is 1. The highest BCUT2D eigenvalue weighted by atomic mass is 35.5. The molecule has 0 saturated carbocycles. The van der Waals surface area contributed by atoms with Crippen LogP contribution in [0.3, 0.4) is 0 Å². The minimum atomic E-state index is -1.14. The van der Waals surface area contributed by atoms with Crippen molar-refractivity contribution in [3.63, 3.8) is 0 Å². The van der Waals surface area contributed by atoms with Gasteiger partial charge < -0.3 is 16.0 Å². The Labute approximate surface area is 253 Å². The number of hydrogen-bond donors (Lipinski definition) is 2. The quantitative estimate of drug-likeness (QED) is 0.243. The van der Waals surface area contributed by atoms with Gasteiger partial charge in [-0.15, -0.1) is 11.3 Å². The summed E-state index contributed by atoms with van der Waals surface area (Å²) >= 11 is 7.76. The smallest absolute Gasteiger partial charge is 0.255 e. The lowest BCUT2D eigenvalue weighted by atomic mass is 9.76. The second kappa shape index (κ2) is 11.9. The molecule has 3 N–H and O–H groups in total. The molecule has 0 radical (unpaired) electrons. The maximum absolute atomic E-state index is 14.6. The summed E-state index contributed by atoms with van der Waals surface area (Å²) in [6.07, 6.45) is 0. The van der Waals surface area contributed by atoms with E-state index in [4.69, 9.17) is 17.3 Å². The minimum absolute atomic E-state index is 0.178. The molecule has 0 aliphatic carbocycles. The Morgan fingerprint density at radius 2 is 1.50 bits per heavy atom. The number of nitrogens with two attached hydrogens (primary N) is 1. The fourth-order valence-electron chi connectivity index (χ4n) is 5.98. The second-order valence-corrected chi connectivity index (χ2v) is 12.4. The van der Waals surface area contributed by atoms with Gasteiger partial charge in [-0.25, -0.2) is 0 Å². The van der Waals surface area contributed by atoms with Gasteiger partial charge in [0.15, 0.2) is 5.78 Å². The first-order chi connectivity index (χ1) is 20.1. The minimum Gasteiger partial charge on any atom is -0.368 e. The van der Waals surface area contributed by atoms with Crippen molar-refractivity contribution < 1.29 is 19.2 Å². The maximum Gasteiger partial charge on any atom is 0.255 e. The normalized spacial score (nSPS) is 19.9. The average molecular weight is 600 g/mol. The maximum atomic E-state index is 14.6. The number of ketones is 1. The van der Waals surface area contributed by atoms with E-state index >= 15 is 0 Å². The number of halogens is 1. The van der Waals surface area contributed by atoms with Crippen molar-refractivity contribution in [3.8, 4) is 0 Å². The number of carbonyl (C=O) groups is 4. The molecule has 42 heavy (non-hydrogen) atoms. The van der Waals surface area contributed by atoms with Crippen LogP contribution in [0, 0.1) is 19.8 Å². The first kappa shape index (κ1) is 29.2. The molecular formula is C33H30ClN3O4S. The van der Waals surface area contributed by atoms with E-state index in [-0.39, 0.29) is 11.7 Å². The third-order valence-electron chi connectivity index (χ3n) is 7.65. The molecule has 4 atom stereocenters. The van der Waals surface area contributed by atoms with Crippen LogP contribution < -0.4 is 11.1 Å². The van der Waals surface area contributed by atoms with Gasteiger partial charge in [0.25, 0.3) is 5.91 Å². The summed E-state index contributed by atoms with van der Waals surface area (Å²) < 4.78 is 0. The van der Waals surface area contributed by atoms with Gasteiger partial charge in [-0.2, -0.15) is 0 Å². The highest BCUT2D eigenvalue weighted by Gasteiger charge is 2.57. The van der Waals surface area contributed by atoms with E-state index in [0.717, 1.165) is 9.75 Å². The van der Waals surface area contributed by atoms with E-state index in [1.807, 2.05) is 19.9 Å². The summed E-state index contributed by atoms with van der Waals surface area (Å²) in [5.74, 6) is -3.15.